The highest BCUT2D eigenvalue weighted by Crippen LogP contribution is 2.29. The van der Waals surface area contributed by atoms with E-state index in [0.717, 1.165) is 0 Å². The van der Waals surface area contributed by atoms with Gasteiger partial charge in [-0.25, -0.2) is 4.52 Å². The van der Waals surface area contributed by atoms with E-state index < -0.39 is 7.23 Å². The van der Waals surface area contributed by atoms with E-state index in [1.807, 2.05) is 18.2 Å². The summed E-state index contributed by atoms with van der Waals surface area (Å²) in [6, 6.07) is 8.93. The summed E-state index contributed by atoms with van der Waals surface area (Å²) < 4.78 is 15.2. The van der Waals surface area contributed by atoms with Crippen LogP contribution in [-0.4, -0.2) is 0 Å². The summed E-state index contributed by atoms with van der Waals surface area (Å²) in [6.07, 6.45) is 0. The van der Waals surface area contributed by atoms with Crippen LogP contribution < -0.4 is 4.52 Å². The van der Waals surface area contributed by atoms with Gasteiger partial charge in [-0.15, -0.1) is 0 Å². The van der Waals surface area contributed by atoms with Crippen LogP contribution in [0.25, 0.3) is 0 Å². The molecule has 0 saturated heterocycles. The fraction of sp³-hybridized carbons (Fsp3) is 0. The molecule has 0 aromatic heterocycles. The van der Waals surface area contributed by atoms with Gasteiger partial charge in [-0.1, -0.05) is 18.2 Å². The SMILES string of the molecule is O=[P+](S)Oc1ccccc1. The maximum absolute atomic E-state index is 10.4. The molecular formula is C6H6O2PS+. The molecule has 1 rings (SSSR count). The first kappa shape index (κ1) is 7.58. The van der Waals surface area contributed by atoms with Gasteiger partial charge in [0, 0.05) is 0 Å². The normalized spacial score (nSPS) is 10.7. The molecule has 4 heteroatoms. The third-order valence-corrected chi connectivity index (χ3v) is 1.54. The Morgan fingerprint density at radius 1 is 1.30 bits per heavy atom. The summed E-state index contributed by atoms with van der Waals surface area (Å²) in [4.78, 5) is 0. The molecule has 1 atom stereocenters. The quantitative estimate of drug-likeness (QED) is 0.549. The van der Waals surface area contributed by atoms with Crippen molar-refractivity contribution in [2.45, 2.75) is 0 Å². The number of para-hydroxylation sites is 1. The van der Waals surface area contributed by atoms with E-state index in [9.17, 15) is 4.57 Å². The second-order valence-corrected chi connectivity index (χ2v) is 3.28. The lowest BCUT2D eigenvalue weighted by Gasteiger charge is -1.86. The Morgan fingerprint density at radius 2 is 1.90 bits per heavy atom. The van der Waals surface area contributed by atoms with Crippen molar-refractivity contribution in [1.29, 1.82) is 0 Å². The van der Waals surface area contributed by atoms with E-state index in [1.54, 1.807) is 12.1 Å². The number of hydrogen-bond acceptors (Lipinski definition) is 2. The van der Waals surface area contributed by atoms with Crippen LogP contribution in [0.1, 0.15) is 0 Å². The summed E-state index contributed by atoms with van der Waals surface area (Å²) >= 11 is 3.60. The lowest BCUT2D eigenvalue weighted by molar-refractivity contribution is 0.521. The highest BCUT2D eigenvalue weighted by atomic mass is 32.7. The van der Waals surface area contributed by atoms with Gasteiger partial charge in [0.15, 0.2) is 18.0 Å². The summed E-state index contributed by atoms with van der Waals surface area (Å²) in [5.74, 6) is 0.582. The third-order valence-electron chi connectivity index (χ3n) is 0.927. The first-order chi connectivity index (χ1) is 4.79. The summed E-state index contributed by atoms with van der Waals surface area (Å²) in [7, 11) is -1.83. The van der Waals surface area contributed by atoms with Crippen LogP contribution in [0.3, 0.4) is 0 Å². The first-order valence-electron chi connectivity index (χ1n) is 2.68. The minimum Gasteiger partial charge on any atom is -0.245 e. The Labute approximate surface area is 65.2 Å². The van der Waals surface area contributed by atoms with E-state index in [4.69, 9.17) is 4.52 Å². The molecule has 52 valence electrons. The van der Waals surface area contributed by atoms with Crippen LogP contribution in [0.4, 0.5) is 0 Å². The fourth-order valence-electron chi connectivity index (χ4n) is 0.572. The maximum atomic E-state index is 10.4. The second kappa shape index (κ2) is 3.59. The van der Waals surface area contributed by atoms with Crippen LogP contribution in [0, 0.1) is 0 Å². The van der Waals surface area contributed by atoms with Crippen molar-refractivity contribution in [2.24, 2.45) is 0 Å². The third kappa shape index (κ3) is 2.38. The maximum Gasteiger partial charge on any atom is 0.631 e. The molecule has 0 spiro atoms. The largest absolute Gasteiger partial charge is 0.631 e. The van der Waals surface area contributed by atoms with E-state index in [0.29, 0.717) is 5.75 Å². The molecule has 0 heterocycles. The fourth-order valence-corrected chi connectivity index (χ4v) is 1.16. The Hall–Kier alpha value is -0.530. The van der Waals surface area contributed by atoms with Gasteiger partial charge in [0.25, 0.3) is 0 Å². The first-order valence-corrected chi connectivity index (χ1v) is 5.01. The average molecular weight is 173 g/mol. The molecule has 0 bridgehead atoms. The van der Waals surface area contributed by atoms with E-state index in [1.165, 1.54) is 0 Å². The summed E-state index contributed by atoms with van der Waals surface area (Å²) in [6.45, 7) is 0. The molecule has 1 unspecified atom stereocenters. The van der Waals surface area contributed by atoms with Gasteiger partial charge in [0.2, 0.25) is 0 Å². The average Bonchev–Trinajstić information content (AvgIpc) is 1.88. The molecule has 0 amide bonds. The predicted molar refractivity (Wildman–Crippen MR) is 43.7 cm³/mol. The van der Waals surface area contributed by atoms with Gasteiger partial charge >= 0.3 is 7.23 Å². The zero-order chi connectivity index (χ0) is 7.40. The van der Waals surface area contributed by atoms with Crippen molar-refractivity contribution in [1.82, 2.24) is 0 Å². The van der Waals surface area contributed by atoms with Crippen LogP contribution in [0.15, 0.2) is 30.3 Å². The molecule has 0 aliphatic heterocycles. The number of hydrogen-bond donors (Lipinski definition) is 1. The smallest absolute Gasteiger partial charge is 0.245 e. The molecule has 2 nitrogen and oxygen atoms in total. The Balaban J connectivity index is 2.67. The van der Waals surface area contributed by atoms with Gasteiger partial charge in [-0.2, -0.15) is 0 Å². The van der Waals surface area contributed by atoms with E-state index >= 15 is 0 Å². The monoisotopic (exact) mass is 173 g/mol. The van der Waals surface area contributed by atoms with Crippen LogP contribution in [0.2, 0.25) is 0 Å². The van der Waals surface area contributed by atoms with Crippen LogP contribution in [0.5, 0.6) is 5.75 Å². The molecule has 1 aromatic carbocycles. The van der Waals surface area contributed by atoms with Crippen molar-refractivity contribution < 1.29 is 9.09 Å². The molecular weight excluding hydrogens is 167 g/mol. The lowest BCUT2D eigenvalue weighted by atomic mass is 10.3. The summed E-state index contributed by atoms with van der Waals surface area (Å²) in [5, 5.41) is 0. The zero-order valence-corrected chi connectivity index (χ0v) is 6.89. The van der Waals surface area contributed by atoms with Crippen molar-refractivity contribution >= 4 is 19.5 Å². The highest BCUT2D eigenvalue weighted by molar-refractivity contribution is 8.39. The minimum absolute atomic E-state index is 0.582. The molecule has 0 N–H and O–H groups in total. The Kier molecular flexibility index (Phi) is 2.72. The molecule has 1 aromatic rings. The number of thiol groups is 1. The molecule has 0 saturated carbocycles. The summed E-state index contributed by atoms with van der Waals surface area (Å²) in [5.41, 5.74) is 0. The van der Waals surface area contributed by atoms with Crippen molar-refractivity contribution in [2.75, 3.05) is 0 Å². The van der Waals surface area contributed by atoms with Gasteiger partial charge in [0.1, 0.15) is 0 Å². The van der Waals surface area contributed by atoms with Crippen LogP contribution in [-0.2, 0) is 4.57 Å². The number of rotatable bonds is 2. The lowest BCUT2D eigenvalue weighted by Crippen LogP contribution is -1.73. The zero-order valence-electron chi connectivity index (χ0n) is 5.10. The standard InChI is InChI=1S/C6H5O2PS/c7-9(10)8-6-4-2-1-3-5-6/h1-5H/p+1. The minimum atomic E-state index is -1.83. The predicted octanol–water partition coefficient (Wildman–Crippen LogP) is 2.65. The molecule has 0 aliphatic carbocycles. The van der Waals surface area contributed by atoms with Gasteiger partial charge in [-0.05, 0) is 16.7 Å². The molecule has 0 aliphatic rings. The molecule has 10 heavy (non-hydrogen) atoms. The van der Waals surface area contributed by atoms with Crippen molar-refractivity contribution in [3.8, 4) is 5.75 Å². The Morgan fingerprint density at radius 3 is 2.40 bits per heavy atom. The van der Waals surface area contributed by atoms with Gasteiger partial charge in [-0.3, -0.25) is 0 Å². The van der Waals surface area contributed by atoms with E-state index in [-0.39, 0.29) is 0 Å². The topological polar surface area (TPSA) is 26.3 Å². The van der Waals surface area contributed by atoms with Gasteiger partial charge in [0.05, 0.1) is 0 Å². The van der Waals surface area contributed by atoms with E-state index in [2.05, 4.69) is 12.2 Å². The number of benzene rings is 1. The van der Waals surface area contributed by atoms with Crippen molar-refractivity contribution in [3.63, 3.8) is 0 Å². The molecule has 0 radical (unpaired) electrons. The van der Waals surface area contributed by atoms with Gasteiger partial charge < -0.3 is 0 Å². The van der Waals surface area contributed by atoms with Crippen molar-refractivity contribution in [3.05, 3.63) is 30.3 Å². The molecule has 0 fully saturated rings. The highest BCUT2D eigenvalue weighted by Gasteiger charge is 2.09. The van der Waals surface area contributed by atoms with Crippen LogP contribution >= 0.6 is 19.5 Å². The Bertz CT molecular complexity index is 224. The second-order valence-electron chi connectivity index (χ2n) is 1.64.